The van der Waals surface area contributed by atoms with Gasteiger partial charge in [-0.05, 0) is 55.0 Å². The number of amides is 1. The van der Waals surface area contributed by atoms with Crippen LogP contribution in [0.1, 0.15) is 12.5 Å². The number of halogens is 2. The van der Waals surface area contributed by atoms with E-state index in [9.17, 15) is 9.59 Å². The van der Waals surface area contributed by atoms with E-state index in [4.69, 9.17) is 32.7 Å². The van der Waals surface area contributed by atoms with Gasteiger partial charge in [0.15, 0.2) is 6.61 Å². The molecule has 0 spiro atoms. The number of ether oxygens (including phenoxy) is 2. The van der Waals surface area contributed by atoms with Crippen molar-refractivity contribution in [2.45, 2.75) is 6.92 Å². The summed E-state index contributed by atoms with van der Waals surface area (Å²) in [7, 11) is 0. The fraction of sp³-hybridized carbons (Fsp3) is 0.158. The molecular weight excluding hydrogens is 377 g/mol. The van der Waals surface area contributed by atoms with Gasteiger partial charge >= 0.3 is 5.97 Å². The molecule has 0 aliphatic rings. The molecule has 0 aliphatic heterocycles. The fourth-order valence-electron chi connectivity index (χ4n) is 1.96. The molecule has 0 fully saturated rings. The number of hydrogen-bond acceptors (Lipinski definition) is 4. The van der Waals surface area contributed by atoms with Crippen molar-refractivity contribution in [3.63, 3.8) is 0 Å². The molecule has 7 heteroatoms. The standard InChI is InChI=1S/C19H17Cl2NO4/c1-2-25-15-7-5-14(6-8-15)22-18(23)12-26-19(24)10-4-13-3-9-16(20)17(21)11-13/h3-11H,2,12H2,1H3,(H,22,23). The molecule has 0 unspecified atom stereocenters. The number of anilines is 1. The van der Waals surface area contributed by atoms with Crippen molar-refractivity contribution in [3.8, 4) is 5.75 Å². The largest absolute Gasteiger partial charge is 0.494 e. The van der Waals surface area contributed by atoms with E-state index < -0.39 is 18.5 Å². The third kappa shape index (κ3) is 6.43. The monoisotopic (exact) mass is 393 g/mol. The summed E-state index contributed by atoms with van der Waals surface area (Å²) in [5.41, 5.74) is 1.27. The van der Waals surface area contributed by atoms with E-state index in [1.165, 1.54) is 12.2 Å². The van der Waals surface area contributed by atoms with E-state index >= 15 is 0 Å². The van der Waals surface area contributed by atoms with Crippen molar-refractivity contribution >= 4 is 46.8 Å². The molecule has 2 aromatic carbocycles. The summed E-state index contributed by atoms with van der Waals surface area (Å²) in [5, 5.41) is 3.44. The summed E-state index contributed by atoms with van der Waals surface area (Å²) in [5.74, 6) is -0.368. The molecule has 0 bridgehead atoms. The van der Waals surface area contributed by atoms with Crippen LogP contribution in [0.4, 0.5) is 5.69 Å². The molecule has 0 atom stereocenters. The third-order valence-corrected chi connectivity index (χ3v) is 3.89. The molecule has 0 aliphatic carbocycles. The molecule has 2 rings (SSSR count). The Bertz CT molecular complexity index is 804. The lowest BCUT2D eigenvalue weighted by Crippen LogP contribution is -2.20. The van der Waals surface area contributed by atoms with Crippen LogP contribution in [0.2, 0.25) is 10.0 Å². The number of benzene rings is 2. The van der Waals surface area contributed by atoms with Gasteiger partial charge in [-0.25, -0.2) is 4.79 Å². The minimum absolute atomic E-state index is 0.386. The maximum absolute atomic E-state index is 11.8. The average molecular weight is 394 g/mol. The SMILES string of the molecule is CCOc1ccc(NC(=O)COC(=O)C=Cc2ccc(Cl)c(Cl)c2)cc1. The fourth-order valence-corrected chi connectivity index (χ4v) is 2.27. The van der Waals surface area contributed by atoms with E-state index in [1.54, 1.807) is 42.5 Å². The Morgan fingerprint density at radius 2 is 1.81 bits per heavy atom. The van der Waals surface area contributed by atoms with Gasteiger partial charge in [-0.15, -0.1) is 0 Å². The first-order valence-corrected chi connectivity index (χ1v) is 8.56. The van der Waals surface area contributed by atoms with Gasteiger partial charge in [-0.2, -0.15) is 0 Å². The molecule has 1 N–H and O–H groups in total. The van der Waals surface area contributed by atoms with Gasteiger partial charge in [0.1, 0.15) is 5.75 Å². The third-order valence-electron chi connectivity index (χ3n) is 3.15. The number of carbonyl (C=O) groups excluding carboxylic acids is 2. The van der Waals surface area contributed by atoms with E-state index in [-0.39, 0.29) is 0 Å². The lowest BCUT2D eigenvalue weighted by molar-refractivity contribution is -0.142. The Kier molecular flexibility index (Phi) is 7.51. The zero-order valence-electron chi connectivity index (χ0n) is 14.0. The number of rotatable bonds is 7. The molecule has 0 saturated carbocycles. The Balaban J connectivity index is 1.79. The van der Waals surface area contributed by atoms with Crippen molar-refractivity contribution in [1.29, 1.82) is 0 Å². The van der Waals surface area contributed by atoms with Crippen LogP contribution in [0.25, 0.3) is 6.08 Å². The Morgan fingerprint density at radius 1 is 1.08 bits per heavy atom. The molecule has 1 amide bonds. The highest BCUT2D eigenvalue weighted by Crippen LogP contribution is 2.23. The van der Waals surface area contributed by atoms with Crippen molar-refractivity contribution in [3.05, 3.63) is 64.1 Å². The first-order valence-electron chi connectivity index (χ1n) is 7.80. The number of carbonyl (C=O) groups is 2. The van der Waals surface area contributed by atoms with Crippen LogP contribution in [0, 0.1) is 0 Å². The molecular formula is C19H17Cl2NO4. The van der Waals surface area contributed by atoms with Gasteiger partial charge in [0, 0.05) is 11.8 Å². The van der Waals surface area contributed by atoms with Crippen molar-refractivity contribution in [2.24, 2.45) is 0 Å². The predicted molar refractivity (Wildman–Crippen MR) is 103 cm³/mol. The summed E-state index contributed by atoms with van der Waals surface area (Å²) in [6.45, 7) is 2.06. The van der Waals surface area contributed by atoms with Gasteiger partial charge < -0.3 is 14.8 Å². The van der Waals surface area contributed by atoms with Crippen LogP contribution in [0.15, 0.2) is 48.5 Å². The molecule has 0 radical (unpaired) electrons. The number of nitrogens with one attached hydrogen (secondary N) is 1. The molecule has 2 aromatic rings. The molecule has 26 heavy (non-hydrogen) atoms. The highest BCUT2D eigenvalue weighted by Gasteiger charge is 2.06. The van der Waals surface area contributed by atoms with Crippen molar-refractivity contribution in [1.82, 2.24) is 0 Å². The van der Waals surface area contributed by atoms with E-state index in [2.05, 4.69) is 5.32 Å². The smallest absolute Gasteiger partial charge is 0.331 e. The zero-order valence-corrected chi connectivity index (χ0v) is 15.5. The van der Waals surface area contributed by atoms with E-state index in [0.717, 1.165) is 0 Å². The van der Waals surface area contributed by atoms with E-state index in [1.807, 2.05) is 6.92 Å². The summed E-state index contributed by atoms with van der Waals surface area (Å²) < 4.78 is 10.2. The normalized spacial score (nSPS) is 10.6. The second-order valence-corrected chi connectivity index (χ2v) is 5.93. The number of esters is 1. The molecule has 0 aromatic heterocycles. The lowest BCUT2D eigenvalue weighted by atomic mass is 10.2. The lowest BCUT2D eigenvalue weighted by Gasteiger charge is -2.07. The minimum Gasteiger partial charge on any atom is -0.494 e. The maximum Gasteiger partial charge on any atom is 0.331 e. The molecule has 5 nitrogen and oxygen atoms in total. The van der Waals surface area contributed by atoms with Crippen molar-refractivity contribution < 1.29 is 19.1 Å². The number of hydrogen-bond donors (Lipinski definition) is 1. The van der Waals surface area contributed by atoms with E-state index in [0.29, 0.717) is 33.7 Å². The van der Waals surface area contributed by atoms with Gasteiger partial charge in [0.05, 0.1) is 16.7 Å². The second kappa shape index (κ2) is 9.85. The van der Waals surface area contributed by atoms with Crippen LogP contribution < -0.4 is 10.1 Å². The Labute approximate surface area is 161 Å². The predicted octanol–water partition coefficient (Wildman–Crippen LogP) is 4.59. The molecule has 136 valence electrons. The van der Waals surface area contributed by atoms with Gasteiger partial charge in [-0.1, -0.05) is 29.3 Å². The highest BCUT2D eigenvalue weighted by atomic mass is 35.5. The van der Waals surface area contributed by atoms with Gasteiger partial charge in [0.2, 0.25) is 0 Å². The summed E-state index contributed by atoms with van der Waals surface area (Å²) in [6, 6.07) is 11.8. The Hall–Kier alpha value is -2.50. The van der Waals surface area contributed by atoms with Crippen LogP contribution >= 0.6 is 23.2 Å². The quantitative estimate of drug-likeness (QED) is 0.551. The van der Waals surface area contributed by atoms with Crippen LogP contribution in [0.5, 0.6) is 5.75 Å². The second-order valence-electron chi connectivity index (χ2n) is 5.12. The summed E-state index contributed by atoms with van der Waals surface area (Å²) in [4.78, 5) is 23.5. The molecule has 0 heterocycles. The first kappa shape index (κ1) is 19.8. The zero-order chi connectivity index (χ0) is 18.9. The summed E-state index contributed by atoms with van der Waals surface area (Å²) >= 11 is 11.7. The van der Waals surface area contributed by atoms with Crippen LogP contribution in [-0.4, -0.2) is 25.1 Å². The average Bonchev–Trinajstić information content (AvgIpc) is 2.63. The van der Waals surface area contributed by atoms with Crippen LogP contribution in [-0.2, 0) is 14.3 Å². The van der Waals surface area contributed by atoms with Gasteiger partial charge in [0.25, 0.3) is 5.91 Å². The first-order chi connectivity index (χ1) is 12.5. The van der Waals surface area contributed by atoms with Crippen LogP contribution in [0.3, 0.4) is 0 Å². The Morgan fingerprint density at radius 3 is 2.46 bits per heavy atom. The van der Waals surface area contributed by atoms with Gasteiger partial charge in [-0.3, -0.25) is 4.79 Å². The summed E-state index contributed by atoms with van der Waals surface area (Å²) in [6.07, 6.45) is 2.73. The molecule has 0 saturated heterocycles. The minimum atomic E-state index is -0.641. The highest BCUT2D eigenvalue weighted by molar-refractivity contribution is 6.42. The topological polar surface area (TPSA) is 64.6 Å². The van der Waals surface area contributed by atoms with Crippen molar-refractivity contribution in [2.75, 3.05) is 18.5 Å². The maximum atomic E-state index is 11.8.